The van der Waals surface area contributed by atoms with E-state index < -0.39 is 11.2 Å². The van der Waals surface area contributed by atoms with Crippen LogP contribution in [0.15, 0.2) is 48.5 Å². The predicted octanol–water partition coefficient (Wildman–Crippen LogP) is 2.26. The summed E-state index contributed by atoms with van der Waals surface area (Å²) in [5, 5.41) is 23.5. The molecule has 0 atom stereocenters. The number of nitrogens with two attached hydrogens (primary N) is 1. The van der Waals surface area contributed by atoms with Crippen LogP contribution in [0.1, 0.15) is 65.6 Å². The van der Waals surface area contributed by atoms with E-state index in [-0.39, 0.29) is 17.6 Å². The molecule has 0 saturated heterocycles. The second-order valence-electron chi connectivity index (χ2n) is 9.42. The second kappa shape index (κ2) is 13.0. The van der Waals surface area contributed by atoms with Crippen LogP contribution in [0.3, 0.4) is 0 Å². The van der Waals surface area contributed by atoms with Gasteiger partial charge in [0.05, 0.1) is 32.5 Å². The predicted molar refractivity (Wildman–Crippen MR) is 135 cm³/mol. The molecule has 192 valence electrons. The number of carbonyl (C=O) groups excluding carboxylic acids is 2. The molecule has 2 rings (SSSR count). The van der Waals surface area contributed by atoms with E-state index in [9.17, 15) is 19.8 Å². The van der Waals surface area contributed by atoms with E-state index in [0.29, 0.717) is 50.6 Å². The maximum Gasteiger partial charge on any atom is 0.193 e. The molecular weight excluding hydrogens is 448 g/mol. The van der Waals surface area contributed by atoms with E-state index in [1.54, 1.807) is 24.3 Å². The van der Waals surface area contributed by atoms with E-state index in [4.69, 9.17) is 15.2 Å². The summed E-state index contributed by atoms with van der Waals surface area (Å²) in [5.74, 6) is -0.707. The lowest BCUT2D eigenvalue weighted by atomic mass is 9.91. The van der Waals surface area contributed by atoms with Crippen molar-refractivity contribution in [1.82, 2.24) is 5.32 Å². The van der Waals surface area contributed by atoms with Crippen LogP contribution in [-0.2, 0) is 9.47 Å². The number of hydrogen-bond donors (Lipinski definition) is 4. The molecule has 5 N–H and O–H groups in total. The normalized spacial score (nSPS) is 12.2. The molecule has 8 heteroatoms. The van der Waals surface area contributed by atoms with Crippen LogP contribution in [0.2, 0.25) is 0 Å². The molecule has 35 heavy (non-hydrogen) atoms. The van der Waals surface area contributed by atoms with Crippen LogP contribution in [0.4, 0.5) is 0 Å². The van der Waals surface area contributed by atoms with E-state index in [0.717, 1.165) is 11.1 Å². The fourth-order valence-electron chi connectivity index (χ4n) is 3.47. The third-order valence-corrected chi connectivity index (χ3v) is 5.35. The van der Waals surface area contributed by atoms with Gasteiger partial charge in [0.15, 0.2) is 11.6 Å². The SMILES string of the molecule is CC(C)(O)C(=O)c1ccc(C(NCCOCCOCCN)c2ccc(C(=O)C(C)(C)O)cc2)cc1. The van der Waals surface area contributed by atoms with Gasteiger partial charge in [0.25, 0.3) is 0 Å². The van der Waals surface area contributed by atoms with Crippen LogP contribution < -0.4 is 11.1 Å². The van der Waals surface area contributed by atoms with Crippen molar-refractivity contribution < 1.29 is 29.3 Å². The highest BCUT2D eigenvalue weighted by Crippen LogP contribution is 2.25. The number of benzene rings is 2. The zero-order valence-electron chi connectivity index (χ0n) is 21.0. The number of ketones is 2. The Morgan fingerprint density at radius 2 is 1.17 bits per heavy atom. The van der Waals surface area contributed by atoms with Crippen LogP contribution in [0, 0.1) is 0 Å². The summed E-state index contributed by atoms with van der Waals surface area (Å²) in [5.41, 5.74) is 5.15. The highest BCUT2D eigenvalue weighted by Gasteiger charge is 2.26. The summed E-state index contributed by atoms with van der Waals surface area (Å²) >= 11 is 0. The van der Waals surface area contributed by atoms with Crippen molar-refractivity contribution in [2.24, 2.45) is 5.73 Å². The molecule has 0 bridgehead atoms. The lowest BCUT2D eigenvalue weighted by molar-refractivity contribution is 0.0487. The number of carbonyl (C=O) groups is 2. The first kappa shape index (κ1) is 28.8. The molecule has 0 heterocycles. The van der Waals surface area contributed by atoms with E-state index in [1.807, 2.05) is 24.3 Å². The Bertz CT molecular complexity index is 874. The van der Waals surface area contributed by atoms with Gasteiger partial charge in [0, 0.05) is 24.2 Å². The van der Waals surface area contributed by atoms with Crippen LogP contribution in [-0.4, -0.2) is 72.5 Å². The molecule has 2 aromatic carbocycles. The van der Waals surface area contributed by atoms with Crippen molar-refractivity contribution in [3.63, 3.8) is 0 Å². The number of Topliss-reactive ketones (excluding diaryl/α,β-unsaturated/α-hetero) is 2. The molecule has 0 aromatic heterocycles. The first-order chi connectivity index (χ1) is 16.4. The van der Waals surface area contributed by atoms with Gasteiger partial charge in [-0.2, -0.15) is 0 Å². The van der Waals surface area contributed by atoms with Gasteiger partial charge in [0.1, 0.15) is 11.2 Å². The fraction of sp³-hybridized carbons (Fsp3) is 0.481. The average molecular weight is 487 g/mol. The summed E-state index contributed by atoms with van der Waals surface area (Å²) in [6.07, 6.45) is 0. The molecule has 0 aliphatic rings. The first-order valence-electron chi connectivity index (χ1n) is 11.8. The fourth-order valence-corrected chi connectivity index (χ4v) is 3.47. The number of hydrogen-bond acceptors (Lipinski definition) is 8. The van der Waals surface area contributed by atoms with Gasteiger partial charge in [-0.3, -0.25) is 9.59 Å². The first-order valence-corrected chi connectivity index (χ1v) is 11.8. The maximum atomic E-state index is 12.4. The molecule has 2 aromatic rings. The average Bonchev–Trinajstić information content (AvgIpc) is 2.81. The van der Waals surface area contributed by atoms with E-state index in [2.05, 4.69) is 5.32 Å². The minimum absolute atomic E-state index is 0.232. The molecule has 0 spiro atoms. The summed E-state index contributed by atoms with van der Waals surface area (Å²) in [7, 11) is 0. The monoisotopic (exact) mass is 486 g/mol. The summed E-state index contributed by atoms with van der Waals surface area (Å²) in [6.45, 7) is 8.79. The lowest BCUT2D eigenvalue weighted by Crippen LogP contribution is -2.31. The largest absolute Gasteiger partial charge is 0.382 e. The van der Waals surface area contributed by atoms with Crippen molar-refractivity contribution >= 4 is 11.6 Å². The molecule has 0 unspecified atom stereocenters. The number of ether oxygens (including phenoxy) is 2. The molecule has 0 aliphatic heterocycles. The van der Waals surface area contributed by atoms with Gasteiger partial charge in [-0.1, -0.05) is 48.5 Å². The lowest BCUT2D eigenvalue weighted by Gasteiger charge is -2.22. The summed E-state index contributed by atoms with van der Waals surface area (Å²) in [6, 6.07) is 13.9. The van der Waals surface area contributed by atoms with Gasteiger partial charge in [-0.15, -0.1) is 0 Å². The number of rotatable bonds is 15. The third kappa shape index (κ3) is 8.92. The third-order valence-electron chi connectivity index (χ3n) is 5.35. The van der Waals surface area contributed by atoms with Crippen LogP contribution in [0.25, 0.3) is 0 Å². The van der Waals surface area contributed by atoms with Gasteiger partial charge >= 0.3 is 0 Å². The Hall–Kier alpha value is -2.46. The van der Waals surface area contributed by atoms with E-state index >= 15 is 0 Å². The standard InChI is InChI=1S/C27H38N2O6/c1-26(2,32)24(30)21-9-5-19(6-10-21)23(29-14-16-35-18-17-34-15-13-28)20-7-11-22(12-8-20)25(31)27(3,4)33/h5-12,23,29,32-33H,13-18,28H2,1-4H3. The Morgan fingerprint density at radius 3 is 1.54 bits per heavy atom. The van der Waals surface area contributed by atoms with Crippen molar-refractivity contribution in [2.75, 3.05) is 39.5 Å². The molecule has 0 amide bonds. The second-order valence-corrected chi connectivity index (χ2v) is 9.42. The molecular formula is C27H38N2O6. The van der Waals surface area contributed by atoms with Gasteiger partial charge in [-0.05, 0) is 38.8 Å². The smallest absolute Gasteiger partial charge is 0.193 e. The van der Waals surface area contributed by atoms with Gasteiger partial charge in [-0.25, -0.2) is 0 Å². The highest BCUT2D eigenvalue weighted by atomic mass is 16.5. The van der Waals surface area contributed by atoms with Crippen molar-refractivity contribution in [1.29, 1.82) is 0 Å². The minimum atomic E-state index is -1.45. The molecule has 0 saturated carbocycles. The Labute approximate surface area is 207 Å². The molecule has 8 nitrogen and oxygen atoms in total. The summed E-state index contributed by atoms with van der Waals surface area (Å²) < 4.78 is 10.9. The molecule has 0 fully saturated rings. The maximum absolute atomic E-state index is 12.4. The number of aliphatic hydroxyl groups is 2. The van der Waals surface area contributed by atoms with Crippen molar-refractivity contribution in [3.8, 4) is 0 Å². The Kier molecular flexibility index (Phi) is 10.7. The Morgan fingerprint density at radius 1 is 0.771 bits per heavy atom. The highest BCUT2D eigenvalue weighted by molar-refractivity contribution is 6.02. The topological polar surface area (TPSA) is 131 Å². The van der Waals surface area contributed by atoms with Crippen molar-refractivity contribution in [2.45, 2.75) is 44.9 Å². The summed E-state index contributed by atoms with van der Waals surface area (Å²) in [4.78, 5) is 24.8. The van der Waals surface area contributed by atoms with Gasteiger partial charge < -0.3 is 30.7 Å². The Balaban J connectivity index is 2.17. The molecule has 0 radical (unpaired) electrons. The number of nitrogens with one attached hydrogen (secondary N) is 1. The zero-order valence-corrected chi connectivity index (χ0v) is 21.0. The van der Waals surface area contributed by atoms with Gasteiger partial charge in [0.2, 0.25) is 0 Å². The van der Waals surface area contributed by atoms with E-state index in [1.165, 1.54) is 27.7 Å². The minimum Gasteiger partial charge on any atom is -0.382 e. The van der Waals surface area contributed by atoms with Crippen LogP contribution in [0.5, 0.6) is 0 Å². The zero-order chi connectivity index (χ0) is 26.1. The molecule has 0 aliphatic carbocycles. The van der Waals surface area contributed by atoms with Crippen molar-refractivity contribution in [3.05, 3.63) is 70.8 Å². The quantitative estimate of drug-likeness (QED) is 0.223. The van der Waals surface area contributed by atoms with Crippen LogP contribution >= 0.6 is 0 Å².